The molecule has 1 heterocycles. The predicted octanol–water partition coefficient (Wildman–Crippen LogP) is 4.09. The van der Waals surface area contributed by atoms with Gasteiger partial charge in [-0.05, 0) is 36.6 Å². The smallest absolute Gasteiger partial charge is 0.253 e. The average molecular weight is 371 g/mol. The highest BCUT2D eigenvalue weighted by Crippen LogP contribution is 2.27. The van der Waals surface area contributed by atoms with Crippen LogP contribution in [0.4, 0.5) is 0 Å². The second-order valence-electron chi connectivity index (χ2n) is 6.62. The predicted molar refractivity (Wildman–Crippen MR) is 104 cm³/mol. The molecule has 0 aromatic heterocycles. The molecule has 0 aliphatic carbocycles. The topological polar surface area (TPSA) is 40.6 Å². The van der Waals surface area contributed by atoms with E-state index in [9.17, 15) is 9.59 Å². The Morgan fingerprint density at radius 2 is 1.85 bits per heavy atom. The van der Waals surface area contributed by atoms with Crippen LogP contribution < -0.4 is 0 Å². The highest BCUT2D eigenvalue weighted by atomic mass is 35.5. The lowest BCUT2D eigenvalue weighted by Crippen LogP contribution is -2.41. The molecule has 3 rings (SSSR count). The van der Waals surface area contributed by atoms with Crippen molar-refractivity contribution < 1.29 is 9.59 Å². The molecule has 2 amide bonds. The Morgan fingerprint density at radius 3 is 2.54 bits per heavy atom. The second-order valence-corrected chi connectivity index (χ2v) is 7.03. The Kier molecular flexibility index (Phi) is 5.94. The molecule has 4 nitrogen and oxygen atoms in total. The molecule has 0 N–H and O–H groups in total. The molecule has 5 heteroatoms. The summed E-state index contributed by atoms with van der Waals surface area (Å²) in [7, 11) is 1.78. The Labute approximate surface area is 159 Å². The maximum Gasteiger partial charge on any atom is 0.253 e. The first kappa shape index (κ1) is 18.5. The molecule has 0 saturated carbocycles. The van der Waals surface area contributed by atoms with Crippen LogP contribution in [0.1, 0.15) is 29.6 Å². The highest BCUT2D eigenvalue weighted by Gasteiger charge is 2.19. The lowest BCUT2D eigenvalue weighted by atomic mass is 10.0. The summed E-state index contributed by atoms with van der Waals surface area (Å²) < 4.78 is 0. The minimum Gasteiger partial charge on any atom is -0.341 e. The Hall–Kier alpha value is -2.33. The van der Waals surface area contributed by atoms with Crippen LogP contribution in [0.5, 0.6) is 0 Å². The maximum absolute atomic E-state index is 12.6. The van der Waals surface area contributed by atoms with Crippen LogP contribution in [0.2, 0.25) is 5.02 Å². The van der Waals surface area contributed by atoms with E-state index < -0.39 is 0 Å². The van der Waals surface area contributed by atoms with Gasteiger partial charge in [0.05, 0.1) is 0 Å². The van der Waals surface area contributed by atoms with E-state index in [0.29, 0.717) is 30.1 Å². The number of benzene rings is 2. The zero-order valence-corrected chi connectivity index (χ0v) is 15.7. The first-order valence-corrected chi connectivity index (χ1v) is 9.32. The van der Waals surface area contributed by atoms with Crippen LogP contribution in [0.3, 0.4) is 0 Å². The third kappa shape index (κ3) is 4.25. The minimum atomic E-state index is -0.0415. The van der Waals surface area contributed by atoms with Crippen LogP contribution >= 0.6 is 11.6 Å². The summed E-state index contributed by atoms with van der Waals surface area (Å²) in [4.78, 5) is 28.0. The number of rotatable bonds is 5. The molecule has 0 atom stereocenters. The van der Waals surface area contributed by atoms with Crippen molar-refractivity contribution in [1.29, 1.82) is 0 Å². The van der Waals surface area contributed by atoms with Crippen molar-refractivity contribution in [3.63, 3.8) is 0 Å². The molecule has 2 aromatic carbocycles. The third-order valence-corrected chi connectivity index (χ3v) is 5.12. The van der Waals surface area contributed by atoms with Crippen molar-refractivity contribution in [1.82, 2.24) is 9.80 Å². The van der Waals surface area contributed by atoms with Gasteiger partial charge < -0.3 is 9.80 Å². The third-order valence-electron chi connectivity index (χ3n) is 4.79. The number of carbonyl (C=O) groups excluding carboxylic acids is 2. The van der Waals surface area contributed by atoms with Gasteiger partial charge in [0.25, 0.3) is 5.91 Å². The van der Waals surface area contributed by atoms with Gasteiger partial charge in [0, 0.05) is 49.3 Å². The number of hydrogen-bond acceptors (Lipinski definition) is 2. The molecular weight excluding hydrogens is 348 g/mol. The van der Waals surface area contributed by atoms with Gasteiger partial charge >= 0.3 is 0 Å². The summed E-state index contributed by atoms with van der Waals surface area (Å²) >= 11 is 6.23. The molecule has 0 radical (unpaired) electrons. The van der Waals surface area contributed by atoms with Crippen LogP contribution in [0, 0.1) is 0 Å². The lowest BCUT2D eigenvalue weighted by molar-refractivity contribution is -0.133. The summed E-state index contributed by atoms with van der Waals surface area (Å²) in [6.45, 7) is 1.93. The maximum atomic E-state index is 12.6. The van der Waals surface area contributed by atoms with Gasteiger partial charge in [-0.15, -0.1) is 0 Å². The summed E-state index contributed by atoms with van der Waals surface area (Å²) in [5.41, 5.74) is 2.56. The van der Waals surface area contributed by atoms with E-state index >= 15 is 0 Å². The SMILES string of the molecule is CN(CCN1CCCCC1=O)C(=O)c1ccc(-c2ccccc2Cl)cc1. The molecule has 1 aliphatic heterocycles. The number of carbonyl (C=O) groups is 2. The van der Waals surface area contributed by atoms with E-state index in [1.54, 1.807) is 11.9 Å². The number of piperidine rings is 1. The Morgan fingerprint density at radius 1 is 1.12 bits per heavy atom. The molecule has 1 fully saturated rings. The molecule has 0 unspecified atom stereocenters. The fourth-order valence-corrected chi connectivity index (χ4v) is 3.42. The standard InChI is InChI=1S/C21H23ClN2O2/c1-23(14-15-24-13-5-4-8-20(24)25)21(26)17-11-9-16(10-12-17)18-6-2-3-7-19(18)22/h2-3,6-7,9-12H,4-5,8,13-15H2,1H3. The van der Waals surface area contributed by atoms with Crippen LogP contribution in [-0.4, -0.2) is 48.3 Å². The molecule has 2 aromatic rings. The van der Waals surface area contributed by atoms with Crippen molar-refractivity contribution in [2.45, 2.75) is 19.3 Å². The van der Waals surface area contributed by atoms with E-state index in [1.807, 2.05) is 53.4 Å². The second kappa shape index (κ2) is 8.37. The summed E-state index contributed by atoms with van der Waals surface area (Å²) in [5, 5.41) is 0.690. The van der Waals surface area contributed by atoms with Crippen molar-refractivity contribution in [2.75, 3.05) is 26.7 Å². The lowest BCUT2D eigenvalue weighted by Gasteiger charge is -2.28. The van der Waals surface area contributed by atoms with E-state index in [1.165, 1.54) is 0 Å². The van der Waals surface area contributed by atoms with Crippen LogP contribution in [-0.2, 0) is 4.79 Å². The Balaban J connectivity index is 1.62. The minimum absolute atomic E-state index is 0.0415. The van der Waals surface area contributed by atoms with E-state index in [4.69, 9.17) is 11.6 Å². The van der Waals surface area contributed by atoms with Gasteiger partial charge in [-0.1, -0.05) is 41.9 Å². The quantitative estimate of drug-likeness (QED) is 0.795. The largest absolute Gasteiger partial charge is 0.341 e. The van der Waals surface area contributed by atoms with Crippen molar-refractivity contribution in [2.24, 2.45) is 0 Å². The molecule has 1 saturated heterocycles. The normalized spacial score (nSPS) is 14.4. The van der Waals surface area contributed by atoms with Crippen molar-refractivity contribution >= 4 is 23.4 Å². The molecule has 0 bridgehead atoms. The molecular formula is C21H23ClN2O2. The number of likely N-dealkylation sites (tertiary alicyclic amines) is 1. The number of halogens is 1. The van der Waals surface area contributed by atoms with Gasteiger partial charge in [0.1, 0.15) is 0 Å². The molecule has 136 valence electrons. The van der Waals surface area contributed by atoms with Gasteiger partial charge in [0.15, 0.2) is 0 Å². The van der Waals surface area contributed by atoms with Crippen molar-refractivity contribution in [3.05, 3.63) is 59.1 Å². The zero-order valence-electron chi connectivity index (χ0n) is 15.0. The number of hydrogen-bond donors (Lipinski definition) is 0. The van der Waals surface area contributed by atoms with Gasteiger partial charge in [-0.2, -0.15) is 0 Å². The first-order chi connectivity index (χ1) is 12.6. The van der Waals surface area contributed by atoms with Crippen molar-refractivity contribution in [3.8, 4) is 11.1 Å². The number of likely N-dealkylation sites (N-methyl/N-ethyl adjacent to an activating group) is 1. The van der Waals surface area contributed by atoms with Gasteiger partial charge in [0.2, 0.25) is 5.91 Å². The highest BCUT2D eigenvalue weighted by molar-refractivity contribution is 6.33. The molecule has 0 spiro atoms. The van der Waals surface area contributed by atoms with Crippen LogP contribution in [0.15, 0.2) is 48.5 Å². The number of amides is 2. The van der Waals surface area contributed by atoms with E-state index in [-0.39, 0.29) is 11.8 Å². The summed E-state index contributed by atoms with van der Waals surface area (Å²) in [6.07, 6.45) is 2.65. The molecule has 1 aliphatic rings. The Bertz CT molecular complexity index is 789. The van der Waals surface area contributed by atoms with E-state index in [2.05, 4.69) is 0 Å². The van der Waals surface area contributed by atoms with E-state index in [0.717, 1.165) is 30.5 Å². The first-order valence-electron chi connectivity index (χ1n) is 8.94. The van der Waals surface area contributed by atoms with Crippen LogP contribution in [0.25, 0.3) is 11.1 Å². The fraction of sp³-hybridized carbons (Fsp3) is 0.333. The summed E-state index contributed by atoms with van der Waals surface area (Å²) in [5.74, 6) is 0.154. The average Bonchev–Trinajstić information content (AvgIpc) is 2.67. The molecule has 26 heavy (non-hydrogen) atoms. The van der Waals surface area contributed by atoms with Gasteiger partial charge in [-0.3, -0.25) is 9.59 Å². The van der Waals surface area contributed by atoms with Gasteiger partial charge in [-0.25, -0.2) is 0 Å². The number of nitrogens with zero attached hydrogens (tertiary/aromatic N) is 2. The summed E-state index contributed by atoms with van der Waals surface area (Å²) in [6, 6.07) is 15.1. The fourth-order valence-electron chi connectivity index (χ4n) is 3.18. The monoisotopic (exact) mass is 370 g/mol. The zero-order chi connectivity index (χ0) is 18.5.